The van der Waals surface area contributed by atoms with Gasteiger partial charge in [-0.2, -0.15) is 26.3 Å². The molecule has 0 aliphatic rings. The standard InChI is InChI=1S/C30H29F6NO5/c1-20(22-15-24(29(31,32)33)17-25(16-22)30(34,35)36)42-19-28(14-13-26(38)40-2,23-11-7-4-8-12-23)37-27(39)41-18-21-9-5-3-6-10-21/h3-12,15-17,20H,13-14,18-19H2,1-2H3,(H,37,39)/t20-,28-/m1/s1. The van der Waals surface area contributed by atoms with Crippen molar-refractivity contribution in [3.63, 3.8) is 0 Å². The number of ether oxygens (including phenoxy) is 3. The van der Waals surface area contributed by atoms with Crippen molar-refractivity contribution in [2.75, 3.05) is 13.7 Å². The fourth-order valence-electron chi connectivity index (χ4n) is 4.18. The van der Waals surface area contributed by atoms with Crippen LogP contribution in [0.4, 0.5) is 31.1 Å². The summed E-state index contributed by atoms with van der Waals surface area (Å²) >= 11 is 0. The number of alkyl halides is 6. The van der Waals surface area contributed by atoms with Gasteiger partial charge in [0.15, 0.2) is 0 Å². The Morgan fingerprint density at radius 1 is 0.810 bits per heavy atom. The van der Waals surface area contributed by atoms with Gasteiger partial charge in [-0.05, 0) is 48.2 Å². The Kier molecular flexibility index (Phi) is 10.6. The van der Waals surface area contributed by atoms with Gasteiger partial charge in [-0.3, -0.25) is 4.79 Å². The lowest BCUT2D eigenvalue weighted by Crippen LogP contribution is -2.50. The monoisotopic (exact) mass is 597 g/mol. The molecule has 0 radical (unpaired) electrons. The Morgan fingerprint density at radius 3 is 1.88 bits per heavy atom. The van der Waals surface area contributed by atoms with Gasteiger partial charge in [-0.15, -0.1) is 0 Å². The van der Waals surface area contributed by atoms with Crippen LogP contribution in [-0.2, 0) is 43.5 Å². The Morgan fingerprint density at radius 2 is 1.36 bits per heavy atom. The number of alkyl carbamates (subject to hydrolysis) is 1. The van der Waals surface area contributed by atoms with E-state index in [1.807, 2.05) is 0 Å². The minimum atomic E-state index is -5.03. The van der Waals surface area contributed by atoms with E-state index in [2.05, 4.69) is 5.32 Å². The van der Waals surface area contributed by atoms with Gasteiger partial charge >= 0.3 is 24.4 Å². The molecular weight excluding hydrogens is 568 g/mol. The zero-order valence-electron chi connectivity index (χ0n) is 22.7. The van der Waals surface area contributed by atoms with Crippen molar-refractivity contribution in [3.05, 3.63) is 107 Å². The molecule has 2 atom stereocenters. The second-order valence-corrected chi connectivity index (χ2v) is 9.50. The van der Waals surface area contributed by atoms with E-state index in [4.69, 9.17) is 14.2 Å². The number of carbonyl (C=O) groups is 2. The second-order valence-electron chi connectivity index (χ2n) is 9.50. The largest absolute Gasteiger partial charge is 0.469 e. The molecule has 0 fully saturated rings. The lowest BCUT2D eigenvalue weighted by atomic mass is 9.86. The van der Waals surface area contributed by atoms with Gasteiger partial charge < -0.3 is 19.5 Å². The average molecular weight is 598 g/mol. The Balaban J connectivity index is 1.94. The number of amides is 1. The highest BCUT2D eigenvalue weighted by molar-refractivity contribution is 5.71. The minimum absolute atomic E-state index is 0.0329. The Bertz CT molecular complexity index is 1300. The minimum Gasteiger partial charge on any atom is -0.469 e. The molecule has 0 aromatic heterocycles. The van der Waals surface area contributed by atoms with E-state index in [1.54, 1.807) is 60.7 Å². The first kappa shape index (κ1) is 32.5. The van der Waals surface area contributed by atoms with Crippen molar-refractivity contribution in [1.29, 1.82) is 0 Å². The molecule has 3 rings (SSSR count). The van der Waals surface area contributed by atoms with Crippen LogP contribution in [-0.4, -0.2) is 25.8 Å². The zero-order chi connectivity index (χ0) is 31.0. The van der Waals surface area contributed by atoms with Crippen LogP contribution in [0.25, 0.3) is 0 Å². The molecule has 0 bridgehead atoms. The molecule has 0 spiro atoms. The van der Waals surface area contributed by atoms with Crippen molar-refractivity contribution >= 4 is 12.1 Å². The van der Waals surface area contributed by atoms with Gasteiger partial charge in [0.1, 0.15) is 6.61 Å². The van der Waals surface area contributed by atoms with Gasteiger partial charge in [0.25, 0.3) is 0 Å². The highest BCUT2D eigenvalue weighted by Crippen LogP contribution is 2.38. The molecule has 12 heteroatoms. The number of methoxy groups -OCH3 is 1. The molecule has 3 aromatic rings. The molecule has 42 heavy (non-hydrogen) atoms. The van der Waals surface area contributed by atoms with Gasteiger partial charge in [0.2, 0.25) is 0 Å². The van der Waals surface area contributed by atoms with Crippen LogP contribution < -0.4 is 5.32 Å². The smallest absolute Gasteiger partial charge is 0.416 e. The summed E-state index contributed by atoms with van der Waals surface area (Å²) in [6, 6.07) is 18.3. The van der Waals surface area contributed by atoms with Gasteiger partial charge in [-0.25, -0.2) is 4.79 Å². The first-order valence-corrected chi connectivity index (χ1v) is 12.8. The fraction of sp³-hybridized carbons (Fsp3) is 0.333. The lowest BCUT2D eigenvalue weighted by Gasteiger charge is -2.36. The van der Waals surface area contributed by atoms with Gasteiger partial charge in [0, 0.05) is 6.42 Å². The van der Waals surface area contributed by atoms with E-state index in [0.717, 1.165) is 0 Å². The maximum Gasteiger partial charge on any atom is 0.416 e. The van der Waals surface area contributed by atoms with Crippen LogP contribution in [0.3, 0.4) is 0 Å². The normalized spacial score (nSPS) is 14.0. The lowest BCUT2D eigenvalue weighted by molar-refractivity contribution is -0.143. The van der Waals surface area contributed by atoms with Crippen molar-refractivity contribution in [2.24, 2.45) is 0 Å². The number of halogens is 6. The molecule has 3 aromatic carbocycles. The molecule has 226 valence electrons. The summed E-state index contributed by atoms with van der Waals surface area (Å²) in [5.41, 5.74) is -3.67. The first-order valence-electron chi connectivity index (χ1n) is 12.8. The van der Waals surface area contributed by atoms with Crippen molar-refractivity contribution < 1.29 is 50.1 Å². The maximum atomic E-state index is 13.4. The molecule has 1 amide bonds. The number of rotatable bonds is 11. The Labute approximate surface area is 238 Å². The third-order valence-electron chi connectivity index (χ3n) is 6.52. The molecule has 0 saturated heterocycles. The van der Waals surface area contributed by atoms with Gasteiger partial charge in [-0.1, -0.05) is 60.7 Å². The van der Waals surface area contributed by atoms with E-state index in [-0.39, 0.29) is 31.1 Å². The summed E-state index contributed by atoms with van der Waals surface area (Å²) in [6.45, 7) is 0.767. The van der Waals surface area contributed by atoms with Crippen molar-refractivity contribution in [1.82, 2.24) is 5.32 Å². The predicted molar refractivity (Wildman–Crippen MR) is 140 cm³/mol. The topological polar surface area (TPSA) is 73.9 Å². The van der Waals surface area contributed by atoms with Gasteiger partial charge in [0.05, 0.1) is 36.5 Å². The van der Waals surface area contributed by atoms with E-state index >= 15 is 0 Å². The predicted octanol–water partition coefficient (Wildman–Crippen LogP) is 7.58. The first-order chi connectivity index (χ1) is 19.7. The number of hydrogen-bond acceptors (Lipinski definition) is 5. The molecule has 0 heterocycles. The molecule has 0 saturated carbocycles. The summed E-state index contributed by atoms with van der Waals surface area (Å²) in [6.07, 6.45) is -12.5. The summed E-state index contributed by atoms with van der Waals surface area (Å²) in [5, 5.41) is 2.72. The van der Waals surface area contributed by atoms with Crippen LogP contribution >= 0.6 is 0 Å². The van der Waals surface area contributed by atoms with E-state index in [9.17, 15) is 35.9 Å². The number of nitrogens with one attached hydrogen (secondary N) is 1. The summed E-state index contributed by atoms with van der Waals surface area (Å²) in [4.78, 5) is 25.1. The number of carbonyl (C=O) groups excluding carboxylic acids is 2. The maximum absolute atomic E-state index is 13.4. The molecule has 0 unspecified atom stereocenters. The second kappa shape index (κ2) is 13.7. The van der Waals surface area contributed by atoms with Crippen molar-refractivity contribution in [2.45, 2.75) is 50.4 Å². The van der Waals surface area contributed by atoms with E-state index in [0.29, 0.717) is 23.3 Å². The van der Waals surface area contributed by atoms with Crippen LogP contribution in [0.1, 0.15) is 53.7 Å². The highest BCUT2D eigenvalue weighted by atomic mass is 19.4. The molecule has 0 aliphatic carbocycles. The number of hydrogen-bond donors (Lipinski definition) is 1. The third-order valence-corrected chi connectivity index (χ3v) is 6.52. The average Bonchev–Trinajstić information content (AvgIpc) is 2.97. The van der Waals surface area contributed by atoms with Crippen molar-refractivity contribution in [3.8, 4) is 0 Å². The van der Waals surface area contributed by atoms with E-state index < -0.39 is 53.8 Å². The highest BCUT2D eigenvalue weighted by Gasteiger charge is 2.39. The molecule has 6 nitrogen and oxygen atoms in total. The SMILES string of the molecule is COC(=O)CC[C@](CO[C@H](C)c1cc(C(F)(F)F)cc(C(F)(F)F)c1)(NC(=O)OCc1ccccc1)c1ccccc1. The third kappa shape index (κ3) is 8.97. The van der Waals surface area contributed by atoms with E-state index in [1.165, 1.54) is 14.0 Å². The van der Waals surface area contributed by atoms with Crippen LogP contribution in [0.2, 0.25) is 0 Å². The van der Waals surface area contributed by atoms with Crippen LogP contribution in [0.5, 0.6) is 0 Å². The molecule has 0 aliphatic heterocycles. The summed E-state index contributed by atoms with van der Waals surface area (Å²) in [5.74, 6) is -0.615. The quantitative estimate of drug-likeness (QED) is 0.182. The summed E-state index contributed by atoms with van der Waals surface area (Å²) < 4.78 is 96.5. The molecule has 1 N–H and O–H groups in total. The number of benzene rings is 3. The fourth-order valence-corrected chi connectivity index (χ4v) is 4.18. The van der Waals surface area contributed by atoms with Crippen LogP contribution in [0.15, 0.2) is 78.9 Å². The summed E-state index contributed by atoms with van der Waals surface area (Å²) in [7, 11) is 1.18. The zero-order valence-corrected chi connectivity index (χ0v) is 22.7. The van der Waals surface area contributed by atoms with Crippen LogP contribution in [0, 0.1) is 0 Å². The molecular formula is C30H29F6NO5. The Hall–Kier alpha value is -4.06. The number of esters is 1.